The maximum Gasteiger partial charge on any atom is 0.0586 e. The van der Waals surface area contributed by atoms with Gasteiger partial charge < -0.3 is 15.2 Å². The monoisotopic (exact) mass is 241 g/mol. The fraction of sp³-hybridized carbons (Fsp3) is 1.00. The molecular weight excluding hydrogens is 214 g/mol. The summed E-state index contributed by atoms with van der Waals surface area (Å²) in [7, 11) is 1.82. The van der Waals surface area contributed by atoms with Gasteiger partial charge in [0.05, 0.1) is 6.10 Å². The Bertz CT molecular complexity index is 226. The van der Waals surface area contributed by atoms with E-state index in [0.29, 0.717) is 18.8 Å². The summed E-state index contributed by atoms with van der Waals surface area (Å²) in [6, 6.07) is 0.595. The Balaban J connectivity index is 1.76. The molecule has 2 N–H and O–H groups in total. The predicted octanol–water partition coefficient (Wildman–Crippen LogP) is 2.09. The van der Waals surface area contributed by atoms with Gasteiger partial charge in [-0.25, -0.2) is 0 Å². The van der Waals surface area contributed by atoms with Crippen molar-refractivity contribution in [3.63, 3.8) is 0 Å². The van der Waals surface area contributed by atoms with E-state index in [9.17, 15) is 5.11 Å². The van der Waals surface area contributed by atoms with Gasteiger partial charge in [0.25, 0.3) is 0 Å². The maximum atomic E-state index is 9.58. The molecule has 2 unspecified atom stereocenters. The van der Waals surface area contributed by atoms with E-state index in [2.05, 4.69) is 5.32 Å². The fourth-order valence-corrected chi connectivity index (χ4v) is 3.42. The molecule has 3 nitrogen and oxygen atoms in total. The molecule has 0 heterocycles. The molecule has 2 aliphatic rings. The molecular formula is C14H27NO2. The first kappa shape index (κ1) is 13.3. The Labute approximate surface area is 105 Å². The summed E-state index contributed by atoms with van der Waals surface area (Å²) < 4.78 is 5.46. The molecule has 0 aromatic carbocycles. The molecule has 0 spiro atoms. The summed E-state index contributed by atoms with van der Waals surface area (Å²) >= 11 is 0. The van der Waals surface area contributed by atoms with E-state index in [1.54, 1.807) is 0 Å². The minimum Gasteiger partial charge on any atom is -0.396 e. The van der Waals surface area contributed by atoms with Crippen LogP contribution in [0.25, 0.3) is 0 Å². The predicted molar refractivity (Wildman–Crippen MR) is 69.0 cm³/mol. The van der Waals surface area contributed by atoms with Crippen molar-refractivity contribution in [1.29, 1.82) is 0 Å². The van der Waals surface area contributed by atoms with Crippen LogP contribution in [0.1, 0.15) is 51.4 Å². The van der Waals surface area contributed by atoms with Gasteiger partial charge in [0, 0.05) is 31.7 Å². The highest BCUT2D eigenvalue weighted by molar-refractivity contribution is 4.88. The Morgan fingerprint density at radius 1 is 1.24 bits per heavy atom. The van der Waals surface area contributed by atoms with Crippen LogP contribution < -0.4 is 5.32 Å². The Kier molecular flexibility index (Phi) is 4.83. The van der Waals surface area contributed by atoms with Gasteiger partial charge in [-0.3, -0.25) is 0 Å². The maximum absolute atomic E-state index is 9.58. The molecule has 0 aromatic rings. The average Bonchev–Trinajstić information content (AvgIpc) is 2.86. The minimum atomic E-state index is 0.181. The van der Waals surface area contributed by atoms with Gasteiger partial charge >= 0.3 is 0 Å². The van der Waals surface area contributed by atoms with Crippen LogP contribution >= 0.6 is 0 Å². The first-order valence-corrected chi connectivity index (χ1v) is 7.15. The highest BCUT2D eigenvalue weighted by Gasteiger charge is 2.34. The van der Waals surface area contributed by atoms with Gasteiger partial charge in [-0.05, 0) is 38.5 Å². The molecule has 17 heavy (non-hydrogen) atoms. The van der Waals surface area contributed by atoms with Gasteiger partial charge in [-0.2, -0.15) is 0 Å². The average molecular weight is 241 g/mol. The molecule has 2 aliphatic carbocycles. The molecule has 100 valence electrons. The number of aliphatic hydroxyl groups is 1. The second-order valence-corrected chi connectivity index (χ2v) is 5.97. The van der Waals surface area contributed by atoms with E-state index in [0.717, 1.165) is 13.0 Å². The Morgan fingerprint density at radius 2 is 2.00 bits per heavy atom. The molecule has 0 saturated heterocycles. The summed E-state index contributed by atoms with van der Waals surface area (Å²) in [4.78, 5) is 0. The van der Waals surface area contributed by atoms with Crippen LogP contribution in [-0.2, 0) is 4.74 Å². The van der Waals surface area contributed by atoms with Gasteiger partial charge in [0.2, 0.25) is 0 Å². The largest absolute Gasteiger partial charge is 0.396 e. The molecule has 2 saturated carbocycles. The Hall–Kier alpha value is -0.120. The van der Waals surface area contributed by atoms with Crippen molar-refractivity contribution in [2.24, 2.45) is 5.41 Å². The lowest BCUT2D eigenvalue weighted by molar-refractivity contribution is 0.0534. The second-order valence-electron chi connectivity index (χ2n) is 5.97. The number of hydrogen-bond donors (Lipinski definition) is 2. The summed E-state index contributed by atoms with van der Waals surface area (Å²) in [6.07, 6.45) is 10.3. The smallest absolute Gasteiger partial charge is 0.0586 e. The highest BCUT2D eigenvalue weighted by Crippen LogP contribution is 2.37. The molecule has 0 bridgehead atoms. The van der Waals surface area contributed by atoms with Crippen LogP contribution in [0.15, 0.2) is 0 Å². The van der Waals surface area contributed by atoms with E-state index in [1.807, 2.05) is 7.11 Å². The number of nitrogens with one attached hydrogen (secondary N) is 1. The van der Waals surface area contributed by atoms with E-state index >= 15 is 0 Å². The SMILES string of the molecule is COC1CCCC(NCC2(CO)CCCC2)C1. The van der Waals surface area contributed by atoms with Crippen LogP contribution in [0.5, 0.6) is 0 Å². The lowest BCUT2D eigenvalue weighted by Crippen LogP contribution is -2.43. The first-order chi connectivity index (χ1) is 8.28. The van der Waals surface area contributed by atoms with Crippen LogP contribution in [0.3, 0.4) is 0 Å². The molecule has 3 heteroatoms. The zero-order valence-corrected chi connectivity index (χ0v) is 11.1. The molecule has 2 atom stereocenters. The summed E-state index contributed by atoms with van der Waals surface area (Å²) in [5.41, 5.74) is 0.181. The second kappa shape index (κ2) is 6.17. The van der Waals surface area contributed by atoms with E-state index < -0.39 is 0 Å². The van der Waals surface area contributed by atoms with Crippen LogP contribution in [0, 0.1) is 5.41 Å². The lowest BCUT2D eigenvalue weighted by Gasteiger charge is -2.33. The van der Waals surface area contributed by atoms with Crippen molar-refractivity contribution in [3.05, 3.63) is 0 Å². The summed E-state index contributed by atoms with van der Waals surface area (Å²) in [5.74, 6) is 0. The van der Waals surface area contributed by atoms with E-state index in [-0.39, 0.29) is 5.41 Å². The third-order valence-corrected chi connectivity index (χ3v) is 4.72. The van der Waals surface area contributed by atoms with Crippen LogP contribution in [0.2, 0.25) is 0 Å². The van der Waals surface area contributed by atoms with E-state index in [1.165, 1.54) is 44.9 Å². The van der Waals surface area contributed by atoms with Crippen molar-refractivity contribution >= 4 is 0 Å². The van der Waals surface area contributed by atoms with Crippen molar-refractivity contribution in [1.82, 2.24) is 5.32 Å². The highest BCUT2D eigenvalue weighted by atomic mass is 16.5. The van der Waals surface area contributed by atoms with Gasteiger partial charge in [0.1, 0.15) is 0 Å². The fourth-order valence-electron chi connectivity index (χ4n) is 3.42. The zero-order chi connectivity index (χ0) is 12.1. The minimum absolute atomic E-state index is 0.181. The normalized spacial score (nSPS) is 32.8. The summed E-state index contributed by atoms with van der Waals surface area (Å²) in [5, 5.41) is 13.3. The van der Waals surface area contributed by atoms with Crippen molar-refractivity contribution in [3.8, 4) is 0 Å². The van der Waals surface area contributed by atoms with Gasteiger partial charge in [-0.15, -0.1) is 0 Å². The molecule has 2 fully saturated rings. The number of aliphatic hydroxyl groups excluding tert-OH is 1. The topological polar surface area (TPSA) is 41.5 Å². The van der Waals surface area contributed by atoms with Gasteiger partial charge in [0.15, 0.2) is 0 Å². The Morgan fingerprint density at radius 3 is 2.65 bits per heavy atom. The molecule has 0 radical (unpaired) electrons. The number of ether oxygens (including phenoxy) is 1. The zero-order valence-electron chi connectivity index (χ0n) is 11.1. The molecule has 0 amide bonds. The van der Waals surface area contributed by atoms with Crippen LogP contribution in [-0.4, -0.2) is 37.5 Å². The molecule has 2 rings (SSSR count). The van der Waals surface area contributed by atoms with Crippen LogP contribution in [0.4, 0.5) is 0 Å². The van der Waals surface area contributed by atoms with Gasteiger partial charge in [-0.1, -0.05) is 12.8 Å². The standard InChI is InChI=1S/C14H27NO2/c1-17-13-6-4-5-12(9-13)15-10-14(11-16)7-2-3-8-14/h12-13,15-16H,2-11H2,1H3. The van der Waals surface area contributed by atoms with Crippen molar-refractivity contribution in [2.75, 3.05) is 20.3 Å². The lowest BCUT2D eigenvalue weighted by atomic mass is 9.85. The number of hydrogen-bond acceptors (Lipinski definition) is 3. The van der Waals surface area contributed by atoms with Crippen molar-refractivity contribution in [2.45, 2.75) is 63.5 Å². The number of methoxy groups -OCH3 is 1. The third kappa shape index (κ3) is 3.43. The summed E-state index contributed by atoms with van der Waals surface area (Å²) in [6.45, 7) is 1.34. The molecule has 0 aliphatic heterocycles. The third-order valence-electron chi connectivity index (χ3n) is 4.72. The van der Waals surface area contributed by atoms with E-state index in [4.69, 9.17) is 4.74 Å². The van der Waals surface area contributed by atoms with Crippen molar-refractivity contribution < 1.29 is 9.84 Å². The number of rotatable bonds is 5. The first-order valence-electron chi connectivity index (χ1n) is 7.15. The molecule has 0 aromatic heterocycles. The quantitative estimate of drug-likeness (QED) is 0.774.